The smallest absolute Gasteiger partial charge is 0.221 e. The van der Waals surface area contributed by atoms with Gasteiger partial charge in [0.2, 0.25) is 5.95 Å². The van der Waals surface area contributed by atoms with Crippen LogP contribution in [-0.4, -0.2) is 52.9 Å². The van der Waals surface area contributed by atoms with E-state index in [0.29, 0.717) is 30.2 Å². The molecule has 0 spiro atoms. The van der Waals surface area contributed by atoms with E-state index in [4.69, 9.17) is 20.9 Å². The van der Waals surface area contributed by atoms with E-state index in [0.717, 1.165) is 49.5 Å². The summed E-state index contributed by atoms with van der Waals surface area (Å²) in [5, 5.41) is 10.9. The topological polar surface area (TPSA) is 120 Å². The van der Waals surface area contributed by atoms with Gasteiger partial charge < -0.3 is 26.0 Å². The minimum atomic E-state index is 0.136. The van der Waals surface area contributed by atoms with Crippen molar-refractivity contribution in [2.75, 3.05) is 44.4 Å². The number of phenols is 1. The number of hydrogen-bond acceptors (Lipinski definition) is 8. The maximum absolute atomic E-state index is 10.9. The lowest BCUT2D eigenvalue weighted by molar-refractivity contribution is 0.0342. The summed E-state index contributed by atoms with van der Waals surface area (Å²) < 4.78 is 11.3. The monoisotopic (exact) mass is 435 g/mol. The van der Waals surface area contributed by atoms with E-state index in [9.17, 15) is 5.11 Å². The van der Waals surface area contributed by atoms with E-state index in [1.165, 1.54) is 5.56 Å². The molecule has 0 saturated carbocycles. The van der Waals surface area contributed by atoms with E-state index in [2.05, 4.69) is 27.0 Å². The fourth-order valence-electron chi connectivity index (χ4n) is 3.90. The van der Waals surface area contributed by atoms with Gasteiger partial charge in [0.25, 0.3) is 0 Å². The van der Waals surface area contributed by atoms with Crippen molar-refractivity contribution < 1.29 is 14.6 Å². The first-order valence-corrected chi connectivity index (χ1v) is 10.8. The van der Waals surface area contributed by atoms with E-state index in [1.54, 1.807) is 12.3 Å². The maximum Gasteiger partial charge on any atom is 0.221 e. The molecule has 3 aromatic rings. The second kappa shape index (κ2) is 9.84. The molecule has 0 radical (unpaired) electrons. The van der Waals surface area contributed by atoms with Crippen molar-refractivity contribution in [3.05, 3.63) is 59.3 Å². The molecule has 0 unspecified atom stereocenters. The van der Waals surface area contributed by atoms with Gasteiger partial charge in [0.1, 0.15) is 17.3 Å². The highest BCUT2D eigenvalue weighted by atomic mass is 16.5. The van der Waals surface area contributed by atoms with Gasteiger partial charge in [-0.3, -0.25) is 4.90 Å². The Morgan fingerprint density at radius 2 is 1.84 bits per heavy atom. The van der Waals surface area contributed by atoms with Crippen LogP contribution in [0.2, 0.25) is 0 Å². The highest BCUT2D eigenvalue weighted by Gasteiger charge is 2.16. The summed E-state index contributed by atoms with van der Waals surface area (Å²) in [5.41, 5.74) is 15.9. The van der Waals surface area contributed by atoms with Crippen LogP contribution in [0.25, 0.3) is 11.1 Å². The molecule has 4 rings (SSSR count). The molecule has 0 atom stereocenters. The van der Waals surface area contributed by atoms with Crippen LogP contribution in [0.15, 0.2) is 42.6 Å². The van der Waals surface area contributed by atoms with Gasteiger partial charge >= 0.3 is 0 Å². The van der Waals surface area contributed by atoms with Crippen LogP contribution < -0.4 is 16.2 Å². The number of rotatable bonds is 7. The molecule has 0 aliphatic carbocycles. The molecule has 1 aromatic heterocycles. The molecule has 8 heteroatoms. The number of aromatic hydroxyl groups is 1. The summed E-state index contributed by atoms with van der Waals surface area (Å²) >= 11 is 0. The zero-order chi connectivity index (χ0) is 22.5. The number of ether oxygens (including phenoxy) is 2. The van der Waals surface area contributed by atoms with Crippen LogP contribution in [0.3, 0.4) is 0 Å². The Bertz CT molecular complexity index is 1070. The van der Waals surface area contributed by atoms with E-state index in [1.807, 2.05) is 25.1 Å². The number of aromatic nitrogens is 2. The Morgan fingerprint density at radius 1 is 1.09 bits per heavy atom. The van der Waals surface area contributed by atoms with Crippen molar-refractivity contribution in [2.45, 2.75) is 19.9 Å². The highest BCUT2D eigenvalue weighted by molar-refractivity contribution is 5.77. The minimum Gasteiger partial charge on any atom is -0.507 e. The molecule has 5 N–H and O–H groups in total. The maximum atomic E-state index is 10.9. The van der Waals surface area contributed by atoms with Crippen molar-refractivity contribution in [1.29, 1.82) is 0 Å². The zero-order valence-corrected chi connectivity index (χ0v) is 18.3. The minimum absolute atomic E-state index is 0.136. The third kappa shape index (κ3) is 5.09. The Balaban J connectivity index is 1.58. The number of anilines is 2. The number of morpholine rings is 1. The van der Waals surface area contributed by atoms with Crippen molar-refractivity contribution in [3.63, 3.8) is 0 Å². The predicted molar refractivity (Wildman–Crippen MR) is 124 cm³/mol. The van der Waals surface area contributed by atoms with Gasteiger partial charge in [0.15, 0.2) is 0 Å². The summed E-state index contributed by atoms with van der Waals surface area (Å²) in [5.74, 6) is 1.24. The van der Waals surface area contributed by atoms with Crippen molar-refractivity contribution >= 4 is 11.8 Å². The average molecular weight is 436 g/mol. The fraction of sp³-hybridized carbons (Fsp3) is 0.333. The van der Waals surface area contributed by atoms with E-state index < -0.39 is 0 Å². The van der Waals surface area contributed by atoms with Gasteiger partial charge in [-0.1, -0.05) is 24.3 Å². The van der Waals surface area contributed by atoms with Crippen LogP contribution in [0, 0.1) is 0 Å². The SMILES string of the molecule is CCOc1cc(Cc2cnc(N)nc2N)cc(O)c1-c1ccc(CN2CCOCC2)cc1. The molecule has 1 aliphatic rings. The molecular formula is C24H29N5O3. The summed E-state index contributed by atoms with van der Waals surface area (Å²) in [6.45, 7) is 6.75. The largest absolute Gasteiger partial charge is 0.507 e. The predicted octanol–water partition coefficient (Wildman–Crippen LogP) is 2.84. The molecule has 168 valence electrons. The standard InChI is InChI=1S/C24H29N5O3/c1-2-32-21-13-17(11-19-14-27-24(26)28-23(19)25)12-20(30)22(21)18-5-3-16(4-6-18)15-29-7-9-31-10-8-29/h3-6,12-14,30H,2,7-11,15H2,1H3,(H4,25,26,27,28). The third-order valence-corrected chi connectivity index (χ3v) is 5.50. The number of hydrogen-bond donors (Lipinski definition) is 3. The van der Waals surface area contributed by atoms with Crippen LogP contribution >= 0.6 is 0 Å². The Morgan fingerprint density at radius 3 is 2.53 bits per heavy atom. The van der Waals surface area contributed by atoms with Crippen molar-refractivity contribution in [3.8, 4) is 22.6 Å². The third-order valence-electron chi connectivity index (χ3n) is 5.50. The number of nitrogens with two attached hydrogens (primary N) is 2. The second-order valence-corrected chi connectivity index (χ2v) is 7.82. The Kier molecular flexibility index (Phi) is 6.72. The first kappa shape index (κ1) is 21.9. The van der Waals surface area contributed by atoms with Crippen LogP contribution in [0.1, 0.15) is 23.6 Å². The number of nitrogens with zero attached hydrogens (tertiary/aromatic N) is 3. The molecule has 2 aromatic carbocycles. The normalized spacial score (nSPS) is 14.4. The van der Waals surface area contributed by atoms with Crippen LogP contribution in [0.5, 0.6) is 11.5 Å². The lowest BCUT2D eigenvalue weighted by Gasteiger charge is -2.26. The fourth-order valence-corrected chi connectivity index (χ4v) is 3.90. The number of benzene rings is 2. The lowest BCUT2D eigenvalue weighted by Crippen LogP contribution is -2.35. The van der Waals surface area contributed by atoms with Crippen LogP contribution in [-0.2, 0) is 17.7 Å². The Hall–Kier alpha value is -3.36. The number of phenolic OH excluding ortho intramolecular Hbond substituents is 1. The molecule has 1 aliphatic heterocycles. The summed E-state index contributed by atoms with van der Waals surface area (Å²) in [6.07, 6.45) is 2.06. The number of nitrogen functional groups attached to an aromatic ring is 2. The van der Waals surface area contributed by atoms with Crippen LogP contribution in [0.4, 0.5) is 11.8 Å². The Labute approximate surface area is 187 Å². The van der Waals surface area contributed by atoms with Gasteiger partial charge in [-0.15, -0.1) is 0 Å². The van der Waals surface area contributed by atoms with Crippen molar-refractivity contribution in [2.24, 2.45) is 0 Å². The molecule has 1 fully saturated rings. The summed E-state index contributed by atoms with van der Waals surface area (Å²) in [4.78, 5) is 10.4. The second-order valence-electron chi connectivity index (χ2n) is 7.82. The molecule has 32 heavy (non-hydrogen) atoms. The van der Waals surface area contributed by atoms with Gasteiger partial charge in [0, 0.05) is 37.8 Å². The molecule has 1 saturated heterocycles. The quantitative estimate of drug-likeness (QED) is 0.518. The highest BCUT2D eigenvalue weighted by Crippen LogP contribution is 2.40. The first-order chi connectivity index (χ1) is 15.5. The molecule has 0 bridgehead atoms. The lowest BCUT2D eigenvalue weighted by atomic mass is 9.97. The first-order valence-electron chi connectivity index (χ1n) is 10.8. The van der Waals surface area contributed by atoms with Gasteiger partial charge in [-0.25, -0.2) is 4.98 Å². The van der Waals surface area contributed by atoms with E-state index in [-0.39, 0.29) is 11.7 Å². The van der Waals surface area contributed by atoms with Crippen molar-refractivity contribution in [1.82, 2.24) is 14.9 Å². The molecule has 2 heterocycles. The average Bonchev–Trinajstić information content (AvgIpc) is 2.77. The van der Waals surface area contributed by atoms with Gasteiger partial charge in [-0.2, -0.15) is 4.98 Å². The molecular weight excluding hydrogens is 406 g/mol. The molecule has 8 nitrogen and oxygen atoms in total. The summed E-state index contributed by atoms with van der Waals surface area (Å²) in [6, 6.07) is 11.9. The van der Waals surface area contributed by atoms with E-state index >= 15 is 0 Å². The van der Waals surface area contributed by atoms with Gasteiger partial charge in [0.05, 0.1) is 25.4 Å². The zero-order valence-electron chi connectivity index (χ0n) is 18.3. The molecule has 0 amide bonds. The van der Waals surface area contributed by atoms with Gasteiger partial charge in [-0.05, 0) is 35.7 Å². The summed E-state index contributed by atoms with van der Waals surface area (Å²) in [7, 11) is 0.